The van der Waals surface area contributed by atoms with Crippen molar-refractivity contribution in [2.24, 2.45) is 0 Å². The van der Waals surface area contributed by atoms with Gasteiger partial charge in [-0.05, 0) is 24.2 Å². The van der Waals surface area contributed by atoms with Gasteiger partial charge in [-0.3, -0.25) is 0 Å². The lowest BCUT2D eigenvalue weighted by Gasteiger charge is -2.18. The van der Waals surface area contributed by atoms with Gasteiger partial charge >= 0.3 is 0 Å². The van der Waals surface area contributed by atoms with E-state index in [9.17, 15) is 0 Å². The molecule has 0 saturated carbocycles. The third-order valence-corrected chi connectivity index (χ3v) is 6.56. The van der Waals surface area contributed by atoms with Crippen LogP contribution in [0.25, 0.3) is 0 Å². The summed E-state index contributed by atoms with van der Waals surface area (Å²) in [6.07, 6.45) is 0. The first-order valence-corrected chi connectivity index (χ1v) is 8.56. The first-order valence-electron chi connectivity index (χ1n) is 5.31. The maximum atomic E-state index is 5.85. The Kier molecular flexibility index (Phi) is 3.28. The molecule has 0 aliphatic rings. The predicted octanol–water partition coefficient (Wildman–Crippen LogP) is 3.06. The summed E-state index contributed by atoms with van der Waals surface area (Å²) in [5.41, 5.74) is 1.28. The highest BCUT2D eigenvalue weighted by Crippen LogP contribution is 2.38. The molecule has 0 radical (unpaired) electrons. The van der Waals surface area contributed by atoms with Crippen molar-refractivity contribution in [3.63, 3.8) is 0 Å². The van der Waals surface area contributed by atoms with E-state index >= 15 is 0 Å². The van der Waals surface area contributed by atoms with Crippen molar-refractivity contribution in [3.05, 3.63) is 60.2 Å². The highest BCUT2D eigenvalue weighted by Gasteiger charge is 2.15. The lowest BCUT2D eigenvalue weighted by atomic mass is 10.2. The Hall–Kier alpha value is -0.910. The van der Waals surface area contributed by atoms with E-state index in [4.69, 9.17) is 11.8 Å². The minimum Gasteiger partial charge on any atom is -0.0879 e. The first-order chi connectivity index (χ1) is 7.60. The van der Waals surface area contributed by atoms with E-state index in [1.165, 1.54) is 16.2 Å². The number of benzene rings is 2. The van der Waals surface area contributed by atoms with Crippen molar-refractivity contribution in [3.8, 4) is 0 Å². The summed E-state index contributed by atoms with van der Waals surface area (Å²) >= 11 is 5.85. The van der Waals surface area contributed by atoms with Crippen LogP contribution in [-0.2, 0) is 11.8 Å². The van der Waals surface area contributed by atoms with Gasteiger partial charge in [0.15, 0.2) is 0 Å². The van der Waals surface area contributed by atoms with E-state index in [2.05, 4.69) is 62.1 Å². The van der Waals surface area contributed by atoms with Crippen LogP contribution in [0.15, 0.2) is 54.6 Å². The third kappa shape index (κ3) is 2.26. The zero-order valence-electron chi connectivity index (χ0n) is 9.55. The Balaban J connectivity index is 2.51. The van der Waals surface area contributed by atoms with Gasteiger partial charge in [-0.1, -0.05) is 72.0 Å². The van der Waals surface area contributed by atoms with Crippen LogP contribution < -0.4 is 10.6 Å². The lowest BCUT2D eigenvalue weighted by Crippen LogP contribution is -2.14. The van der Waals surface area contributed by atoms with Gasteiger partial charge in [0.05, 0.1) is 0 Å². The summed E-state index contributed by atoms with van der Waals surface area (Å²) in [6, 6.07) is 17.4. The van der Waals surface area contributed by atoms with Crippen molar-refractivity contribution >= 4 is 28.5 Å². The number of hydrogen-bond donors (Lipinski definition) is 0. The van der Waals surface area contributed by atoms with Crippen molar-refractivity contribution < 1.29 is 0 Å². The lowest BCUT2D eigenvalue weighted by molar-refractivity contribution is 1.49. The summed E-state index contributed by atoms with van der Waals surface area (Å²) in [5, 5.41) is 2.59. The van der Waals surface area contributed by atoms with Gasteiger partial charge in [-0.2, -0.15) is 0 Å². The van der Waals surface area contributed by atoms with Crippen molar-refractivity contribution in [1.29, 1.82) is 0 Å². The fraction of sp³-hybridized carbons (Fsp3) is 0.143. The molecule has 0 aliphatic heterocycles. The molecule has 0 N–H and O–H groups in total. The van der Waals surface area contributed by atoms with Gasteiger partial charge in [0.25, 0.3) is 0 Å². The maximum absolute atomic E-state index is 5.85. The Morgan fingerprint density at radius 3 is 2.12 bits per heavy atom. The van der Waals surface area contributed by atoms with Crippen LogP contribution in [0.3, 0.4) is 0 Å². The second-order valence-electron chi connectivity index (χ2n) is 4.10. The molecule has 0 heterocycles. The molecule has 0 fully saturated rings. The molecule has 0 amide bonds. The molecular weight excluding hydrogens is 231 g/mol. The molecule has 0 saturated heterocycles. The summed E-state index contributed by atoms with van der Waals surface area (Å²) in [7, 11) is 0. The number of rotatable bonds is 2. The number of aryl methyl sites for hydroxylation is 1. The van der Waals surface area contributed by atoms with Crippen LogP contribution in [0.5, 0.6) is 0 Å². The van der Waals surface area contributed by atoms with Crippen molar-refractivity contribution in [2.45, 2.75) is 6.92 Å². The quantitative estimate of drug-likeness (QED) is 0.734. The largest absolute Gasteiger partial charge is 0.0879 e. The van der Waals surface area contributed by atoms with E-state index < -0.39 is 6.04 Å². The first kappa shape index (κ1) is 11.6. The second-order valence-corrected chi connectivity index (χ2v) is 9.17. The van der Waals surface area contributed by atoms with Crippen molar-refractivity contribution in [1.82, 2.24) is 0 Å². The molecular formula is C14H15PS. The normalized spacial score (nSPS) is 14.4. The SMILES string of the molecule is Cc1cccc(P(C)(=S)c2ccccc2)c1. The fourth-order valence-electron chi connectivity index (χ4n) is 1.75. The summed E-state index contributed by atoms with van der Waals surface area (Å²) in [5.74, 6) is 0. The zero-order valence-corrected chi connectivity index (χ0v) is 11.3. The molecule has 2 aromatic carbocycles. The summed E-state index contributed by atoms with van der Waals surface area (Å²) in [4.78, 5) is 0. The van der Waals surface area contributed by atoms with E-state index in [0.29, 0.717) is 0 Å². The van der Waals surface area contributed by atoms with Crippen LogP contribution in [0.1, 0.15) is 5.56 Å². The molecule has 2 aromatic rings. The van der Waals surface area contributed by atoms with Gasteiger partial charge in [0, 0.05) is 6.04 Å². The van der Waals surface area contributed by atoms with Gasteiger partial charge in [-0.25, -0.2) is 0 Å². The average molecular weight is 246 g/mol. The average Bonchev–Trinajstić information content (AvgIpc) is 2.30. The summed E-state index contributed by atoms with van der Waals surface area (Å²) in [6.45, 7) is 4.32. The molecule has 0 spiro atoms. The van der Waals surface area contributed by atoms with Gasteiger partial charge < -0.3 is 0 Å². The van der Waals surface area contributed by atoms with E-state index in [-0.39, 0.29) is 0 Å². The van der Waals surface area contributed by atoms with E-state index in [1.807, 2.05) is 6.07 Å². The number of hydrogen-bond acceptors (Lipinski definition) is 1. The minimum atomic E-state index is -1.59. The predicted molar refractivity (Wildman–Crippen MR) is 77.1 cm³/mol. The highest BCUT2D eigenvalue weighted by atomic mass is 32.4. The Bertz CT molecular complexity index is 531. The molecule has 82 valence electrons. The highest BCUT2D eigenvalue weighted by molar-refractivity contribution is 8.21. The van der Waals surface area contributed by atoms with Crippen LogP contribution >= 0.6 is 6.04 Å². The molecule has 1 atom stereocenters. The Morgan fingerprint density at radius 1 is 0.875 bits per heavy atom. The molecule has 1 unspecified atom stereocenters. The van der Waals surface area contributed by atoms with Gasteiger partial charge in [-0.15, -0.1) is 0 Å². The molecule has 0 aromatic heterocycles. The van der Waals surface area contributed by atoms with Crippen LogP contribution in [0, 0.1) is 6.92 Å². The molecule has 0 nitrogen and oxygen atoms in total. The van der Waals surface area contributed by atoms with Gasteiger partial charge in [0.1, 0.15) is 0 Å². The Labute approximate surface area is 102 Å². The van der Waals surface area contributed by atoms with Crippen molar-refractivity contribution in [2.75, 3.05) is 6.66 Å². The maximum Gasteiger partial charge on any atom is 0.00762 e. The minimum absolute atomic E-state index is 1.28. The topological polar surface area (TPSA) is 0 Å². The smallest absolute Gasteiger partial charge is 0.00762 e. The van der Waals surface area contributed by atoms with Crippen LogP contribution in [-0.4, -0.2) is 6.66 Å². The Morgan fingerprint density at radius 2 is 1.50 bits per heavy atom. The standard InChI is InChI=1S/C14H15PS/c1-12-7-6-10-14(11-12)15(2,16)13-8-4-3-5-9-13/h3-11H,1-2H3. The molecule has 0 bridgehead atoms. The van der Waals surface area contributed by atoms with Crippen LogP contribution in [0.4, 0.5) is 0 Å². The molecule has 0 aliphatic carbocycles. The van der Waals surface area contributed by atoms with E-state index in [0.717, 1.165) is 0 Å². The molecule has 2 heteroatoms. The fourth-order valence-corrected chi connectivity index (χ4v) is 4.32. The second kappa shape index (κ2) is 4.53. The zero-order chi connectivity index (χ0) is 11.6. The molecule has 16 heavy (non-hydrogen) atoms. The third-order valence-electron chi connectivity index (χ3n) is 2.74. The van der Waals surface area contributed by atoms with Gasteiger partial charge in [0.2, 0.25) is 0 Å². The summed E-state index contributed by atoms with van der Waals surface area (Å²) < 4.78 is 0. The monoisotopic (exact) mass is 246 g/mol. The van der Waals surface area contributed by atoms with E-state index in [1.54, 1.807) is 0 Å². The van der Waals surface area contributed by atoms with Crippen LogP contribution in [0.2, 0.25) is 0 Å². The molecule has 2 rings (SSSR count).